The molecule has 0 saturated heterocycles. The highest BCUT2D eigenvalue weighted by Gasteiger charge is 2.17. The quantitative estimate of drug-likeness (QED) is 0.150. The van der Waals surface area contributed by atoms with Crippen LogP contribution in [-0.2, 0) is 0 Å². The first kappa shape index (κ1) is 35.7. The summed E-state index contributed by atoms with van der Waals surface area (Å²) in [6.07, 6.45) is 0. The van der Waals surface area contributed by atoms with Gasteiger partial charge in [-0.25, -0.2) is 0 Å². The molecule has 11 aromatic carbocycles. The second kappa shape index (κ2) is 14.8. The molecule has 0 atom stereocenters. The van der Waals surface area contributed by atoms with Gasteiger partial charge in [-0.1, -0.05) is 176 Å². The Balaban J connectivity index is 0.942. The second-order valence-electron chi connectivity index (χ2n) is 16.1. The van der Waals surface area contributed by atoms with Crippen LogP contribution >= 0.6 is 0 Å². The van der Waals surface area contributed by atoms with E-state index in [2.05, 4.69) is 229 Å². The zero-order valence-corrected chi connectivity index (χ0v) is 33.9. The van der Waals surface area contributed by atoms with Gasteiger partial charge in [0.2, 0.25) is 0 Å². The van der Waals surface area contributed by atoms with Crippen molar-refractivity contribution < 1.29 is 4.42 Å². The fourth-order valence-electron chi connectivity index (χ4n) is 9.31. The van der Waals surface area contributed by atoms with Crippen molar-refractivity contribution >= 4 is 71.3 Å². The summed E-state index contributed by atoms with van der Waals surface area (Å²) < 4.78 is 6.32. The second-order valence-corrected chi connectivity index (χ2v) is 16.1. The number of hydrogen-bond acceptors (Lipinski definition) is 2. The molecule has 62 heavy (non-hydrogen) atoms. The number of nitrogens with zero attached hydrogens (tertiary/aromatic N) is 1. The molecule has 0 amide bonds. The molecule has 12 rings (SSSR count). The van der Waals surface area contributed by atoms with E-state index in [-0.39, 0.29) is 0 Å². The number of hydrogen-bond donors (Lipinski definition) is 0. The van der Waals surface area contributed by atoms with Crippen molar-refractivity contribution in [2.75, 3.05) is 4.90 Å². The molecule has 2 heteroatoms. The maximum absolute atomic E-state index is 6.32. The van der Waals surface area contributed by atoms with Crippen molar-refractivity contribution in [2.45, 2.75) is 0 Å². The highest BCUT2D eigenvalue weighted by atomic mass is 16.3. The molecular weight excluding hydrogens is 751 g/mol. The van der Waals surface area contributed by atoms with Crippen LogP contribution in [0.1, 0.15) is 0 Å². The monoisotopic (exact) mass is 789 g/mol. The average molecular weight is 790 g/mol. The largest absolute Gasteiger partial charge is 0.456 e. The third-order valence-electron chi connectivity index (χ3n) is 12.4. The molecule has 12 aromatic rings. The minimum atomic E-state index is 0.891. The molecule has 0 radical (unpaired) electrons. The highest BCUT2D eigenvalue weighted by Crippen LogP contribution is 2.41. The predicted octanol–water partition coefficient (Wildman–Crippen LogP) is 17.2. The Bertz CT molecular complexity index is 3630. The van der Waals surface area contributed by atoms with Crippen molar-refractivity contribution in [3.63, 3.8) is 0 Å². The Kier molecular flexibility index (Phi) is 8.53. The van der Waals surface area contributed by atoms with E-state index in [0.717, 1.165) is 50.1 Å². The molecule has 0 spiro atoms. The van der Waals surface area contributed by atoms with E-state index < -0.39 is 0 Å². The minimum absolute atomic E-state index is 0.891. The molecule has 1 aromatic heterocycles. The lowest BCUT2D eigenvalue weighted by molar-refractivity contribution is 0.669. The Labute approximate surface area is 360 Å². The maximum atomic E-state index is 6.32. The van der Waals surface area contributed by atoms with Crippen LogP contribution in [0.15, 0.2) is 241 Å². The molecule has 0 bridgehead atoms. The van der Waals surface area contributed by atoms with Crippen LogP contribution in [0.3, 0.4) is 0 Å². The van der Waals surface area contributed by atoms with Crippen molar-refractivity contribution in [1.82, 2.24) is 0 Å². The number of rotatable bonds is 7. The summed E-state index contributed by atoms with van der Waals surface area (Å²) in [5, 5.41) is 9.80. The van der Waals surface area contributed by atoms with Gasteiger partial charge in [0.15, 0.2) is 0 Å². The Hall–Kier alpha value is -8.20. The molecular formula is C60H39NO. The number of furan rings is 1. The lowest BCUT2D eigenvalue weighted by atomic mass is 9.94. The van der Waals surface area contributed by atoms with E-state index in [9.17, 15) is 0 Å². The summed E-state index contributed by atoms with van der Waals surface area (Å²) in [5.41, 5.74) is 14.4. The minimum Gasteiger partial charge on any atom is -0.456 e. The van der Waals surface area contributed by atoms with Gasteiger partial charge in [0.1, 0.15) is 11.2 Å². The van der Waals surface area contributed by atoms with Crippen molar-refractivity contribution in [3.05, 3.63) is 237 Å². The lowest BCUT2D eigenvalue weighted by Gasteiger charge is -2.27. The summed E-state index contributed by atoms with van der Waals surface area (Å²) in [5.74, 6) is 0. The molecule has 0 aliphatic heterocycles. The van der Waals surface area contributed by atoms with Crippen LogP contribution < -0.4 is 4.90 Å². The summed E-state index contributed by atoms with van der Waals surface area (Å²) in [6, 6.07) is 85.6. The average Bonchev–Trinajstić information content (AvgIpc) is 3.72. The first-order valence-electron chi connectivity index (χ1n) is 21.2. The van der Waals surface area contributed by atoms with Crippen molar-refractivity contribution in [3.8, 4) is 44.5 Å². The first-order valence-corrected chi connectivity index (χ1v) is 21.2. The molecule has 1 heterocycles. The molecule has 0 fully saturated rings. The molecule has 290 valence electrons. The molecule has 0 saturated carbocycles. The molecule has 0 aliphatic carbocycles. The Morgan fingerprint density at radius 2 is 0.758 bits per heavy atom. The number of anilines is 3. The van der Waals surface area contributed by atoms with Gasteiger partial charge in [-0.05, 0) is 137 Å². The smallest absolute Gasteiger partial charge is 0.136 e. The van der Waals surface area contributed by atoms with Gasteiger partial charge in [0.05, 0.1) is 0 Å². The van der Waals surface area contributed by atoms with Crippen LogP contribution in [0.4, 0.5) is 17.1 Å². The van der Waals surface area contributed by atoms with Crippen LogP contribution in [0.2, 0.25) is 0 Å². The lowest BCUT2D eigenvalue weighted by Crippen LogP contribution is -2.10. The summed E-state index contributed by atoms with van der Waals surface area (Å²) in [4.78, 5) is 2.37. The third-order valence-corrected chi connectivity index (χ3v) is 12.4. The van der Waals surface area contributed by atoms with Crippen LogP contribution in [0.5, 0.6) is 0 Å². The fourth-order valence-corrected chi connectivity index (χ4v) is 9.31. The van der Waals surface area contributed by atoms with Crippen LogP contribution in [0, 0.1) is 0 Å². The van der Waals surface area contributed by atoms with Gasteiger partial charge in [-0.15, -0.1) is 0 Å². The van der Waals surface area contributed by atoms with Crippen molar-refractivity contribution in [1.29, 1.82) is 0 Å². The zero-order chi connectivity index (χ0) is 41.0. The molecule has 2 nitrogen and oxygen atoms in total. The van der Waals surface area contributed by atoms with E-state index in [0.29, 0.717) is 0 Å². The predicted molar refractivity (Wildman–Crippen MR) is 263 cm³/mol. The normalized spacial score (nSPS) is 11.5. The Morgan fingerprint density at radius 1 is 0.242 bits per heavy atom. The number of fused-ring (bicyclic) bond motifs is 7. The summed E-state index contributed by atoms with van der Waals surface area (Å²) in [6.45, 7) is 0. The number of benzene rings is 11. The van der Waals surface area contributed by atoms with Crippen LogP contribution in [-0.4, -0.2) is 0 Å². The van der Waals surface area contributed by atoms with Gasteiger partial charge in [0.25, 0.3) is 0 Å². The van der Waals surface area contributed by atoms with Gasteiger partial charge >= 0.3 is 0 Å². The summed E-state index contributed by atoms with van der Waals surface area (Å²) >= 11 is 0. The van der Waals surface area contributed by atoms with Crippen molar-refractivity contribution in [2.24, 2.45) is 0 Å². The van der Waals surface area contributed by atoms with E-state index in [1.54, 1.807) is 0 Å². The van der Waals surface area contributed by atoms with E-state index in [1.807, 2.05) is 12.1 Å². The Morgan fingerprint density at radius 3 is 1.56 bits per heavy atom. The third kappa shape index (κ3) is 6.29. The van der Waals surface area contributed by atoms with Crippen LogP contribution in [0.25, 0.3) is 98.8 Å². The molecule has 0 aliphatic rings. The van der Waals surface area contributed by atoms with E-state index >= 15 is 0 Å². The number of para-hydroxylation sites is 1. The van der Waals surface area contributed by atoms with Gasteiger partial charge < -0.3 is 9.32 Å². The maximum Gasteiger partial charge on any atom is 0.136 e. The first-order chi connectivity index (χ1) is 30.7. The molecule has 0 N–H and O–H groups in total. The summed E-state index contributed by atoms with van der Waals surface area (Å²) in [7, 11) is 0. The standard InChI is InChI=1S/C60H39NO/c1-2-12-45-36-47(27-26-40(45)10-1)43-24-22-41(23-25-43)42-28-32-50(33-29-42)61(51-15-7-13-46(37-51)48-31-35-58-57-18-5-6-21-59(57)62-60(58)39-48)52-16-8-14-49(38-52)54-19-9-20-55-53-17-4-3-11-44(53)30-34-56(54)55/h1-39H. The SMILES string of the molecule is c1cc(-c2ccc3c(c2)oc2ccccc23)cc(N(c2ccc(-c3ccc(-c4ccc5ccccc5c4)cc3)cc2)c2cccc(-c3cccc4c3ccc3ccccc34)c2)c1. The molecule has 0 unspecified atom stereocenters. The zero-order valence-electron chi connectivity index (χ0n) is 33.9. The van der Waals surface area contributed by atoms with E-state index in [4.69, 9.17) is 4.42 Å². The van der Waals surface area contributed by atoms with E-state index in [1.165, 1.54) is 65.7 Å². The highest BCUT2D eigenvalue weighted by molar-refractivity contribution is 6.12. The fraction of sp³-hybridized carbons (Fsp3) is 0. The van der Waals surface area contributed by atoms with Gasteiger partial charge in [-0.2, -0.15) is 0 Å². The topological polar surface area (TPSA) is 16.4 Å². The van der Waals surface area contributed by atoms with Gasteiger partial charge in [-0.3, -0.25) is 0 Å². The van der Waals surface area contributed by atoms with Gasteiger partial charge in [0, 0.05) is 27.8 Å².